The number of rotatable bonds is 4. The summed E-state index contributed by atoms with van der Waals surface area (Å²) in [6.45, 7) is 5.42. The highest BCUT2D eigenvalue weighted by molar-refractivity contribution is 5.26. The molecular weight excluding hydrogens is 208 g/mol. The molecule has 2 atom stereocenters. The lowest BCUT2D eigenvalue weighted by atomic mass is 9.95. The Morgan fingerprint density at radius 3 is 2.59 bits per heavy atom. The summed E-state index contributed by atoms with van der Waals surface area (Å²) in [7, 11) is 2.21. The third kappa shape index (κ3) is 3.30. The van der Waals surface area contributed by atoms with Crippen molar-refractivity contribution in [1.29, 1.82) is 0 Å². The number of hydrogen-bond acceptors (Lipinski definition) is 2. The molecular formula is C15H24N2. The quantitative estimate of drug-likeness (QED) is 0.862. The van der Waals surface area contributed by atoms with Gasteiger partial charge in [-0.3, -0.25) is 0 Å². The Morgan fingerprint density at radius 2 is 2.06 bits per heavy atom. The van der Waals surface area contributed by atoms with Gasteiger partial charge in [0.05, 0.1) is 0 Å². The van der Waals surface area contributed by atoms with Gasteiger partial charge in [0.1, 0.15) is 0 Å². The molecule has 2 heteroatoms. The van der Waals surface area contributed by atoms with Crippen LogP contribution in [0.2, 0.25) is 0 Å². The molecule has 0 aromatic heterocycles. The van der Waals surface area contributed by atoms with Crippen LogP contribution in [0.25, 0.3) is 0 Å². The minimum Gasteiger partial charge on any atom is -0.330 e. The highest BCUT2D eigenvalue weighted by Gasteiger charge is 2.20. The van der Waals surface area contributed by atoms with E-state index in [2.05, 4.69) is 43.1 Å². The van der Waals surface area contributed by atoms with E-state index in [4.69, 9.17) is 5.73 Å². The van der Waals surface area contributed by atoms with Gasteiger partial charge in [-0.2, -0.15) is 0 Å². The highest BCUT2D eigenvalue weighted by atomic mass is 15.1. The smallest absolute Gasteiger partial charge is 0.00477 e. The standard InChI is InChI=1S/C15H24N2/c1-12(10-16)9-13-3-5-14(6-4-13)15-7-8-17(2)11-15/h3-6,12,15H,7-11,16H2,1-2H3. The van der Waals surface area contributed by atoms with Crippen molar-refractivity contribution >= 4 is 0 Å². The normalized spacial score (nSPS) is 22.9. The van der Waals surface area contributed by atoms with E-state index < -0.39 is 0 Å². The van der Waals surface area contributed by atoms with E-state index in [1.807, 2.05) is 0 Å². The first-order chi connectivity index (χ1) is 8.19. The van der Waals surface area contributed by atoms with E-state index in [0.29, 0.717) is 5.92 Å². The number of nitrogens with two attached hydrogens (primary N) is 1. The van der Waals surface area contributed by atoms with Gasteiger partial charge in [-0.25, -0.2) is 0 Å². The molecule has 1 saturated heterocycles. The molecule has 1 aromatic carbocycles. The van der Waals surface area contributed by atoms with Crippen LogP contribution in [0.1, 0.15) is 30.4 Å². The molecule has 0 spiro atoms. The van der Waals surface area contributed by atoms with Gasteiger partial charge in [0, 0.05) is 6.54 Å². The third-order valence-electron chi connectivity index (χ3n) is 3.83. The molecule has 1 aliphatic rings. The van der Waals surface area contributed by atoms with Crippen molar-refractivity contribution in [3.8, 4) is 0 Å². The molecule has 2 N–H and O–H groups in total. The number of hydrogen-bond donors (Lipinski definition) is 1. The van der Waals surface area contributed by atoms with Gasteiger partial charge in [0.25, 0.3) is 0 Å². The second-order valence-electron chi connectivity index (χ2n) is 5.53. The Labute approximate surface area is 105 Å². The summed E-state index contributed by atoms with van der Waals surface area (Å²) in [6.07, 6.45) is 2.40. The topological polar surface area (TPSA) is 29.3 Å². The minimum absolute atomic E-state index is 0.582. The van der Waals surface area contributed by atoms with Crippen molar-refractivity contribution in [2.45, 2.75) is 25.7 Å². The van der Waals surface area contributed by atoms with Crippen molar-refractivity contribution in [3.63, 3.8) is 0 Å². The highest BCUT2D eigenvalue weighted by Crippen LogP contribution is 2.26. The lowest BCUT2D eigenvalue weighted by Gasteiger charge is -2.13. The van der Waals surface area contributed by atoms with Gasteiger partial charge >= 0.3 is 0 Å². The number of likely N-dealkylation sites (N-methyl/N-ethyl adjacent to an activating group) is 1. The maximum atomic E-state index is 5.66. The fraction of sp³-hybridized carbons (Fsp3) is 0.600. The molecule has 0 bridgehead atoms. The Bertz CT molecular complexity index is 344. The van der Waals surface area contributed by atoms with Crippen LogP contribution >= 0.6 is 0 Å². The first-order valence-electron chi connectivity index (χ1n) is 6.66. The number of benzene rings is 1. The summed E-state index contributed by atoms with van der Waals surface area (Å²) in [6, 6.07) is 9.17. The fourth-order valence-corrected chi connectivity index (χ4v) is 2.62. The van der Waals surface area contributed by atoms with Crippen molar-refractivity contribution < 1.29 is 0 Å². The summed E-state index contributed by atoms with van der Waals surface area (Å²) in [5.74, 6) is 1.32. The molecule has 2 nitrogen and oxygen atoms in total. The van der Waals surface area contributed by atoms with Gasteiger partial charge in [0.15, 0.2) is 0 Å². The lowest BCUT2D eigenvalue weighted by Crippen LogP contribution is -2.14. The van der Waals surface area contributed by atoms with E-state index in [1.165, 1.54) is 30.6 Å². The molecule has 2 unspecified atom stereocenters. The van der Waals surface area contributed by atoms with Crippen molar-refractivity contribution in [2.24, 2.45) is 11.7 Å². The van der Waals surface area contributed by atoms with E-state index in [0.717, 1.165) is 18.9 Å². The van der Waals surface area contributed by atoms with E-state index in [1.54, 1.807) is 0 Å². The first kappa shape index (κ1) is 12.6. The molecule has 1 heterocycles. The maximum absolute atomic E-state index is 5.66. The van der Waals surface area contributed by atoms with E-state index in [9.17, 15) is 0 Å². The third-order valence-corrected chi connectivity index (χ3v) is 3.83. The zero-order chi connectivity index (χ0) is 12.3. The second kappa shape index (κ2) is 5.65. The zero-order valence-electron chi connectivity index (χ0n) is 11.0. The van der Waals surface area contributed by atoms with Crippen molar-refractivity contribution in [2.75, 3.05) is 26.7 Å². The van der Waals surface area contributed by atoms with Crippen LogP contribution in [0.3, 0.4) is 0 Å². The number of nitrogens with zero attached hydrogens (tertiary/aromatic N) is 1. The van der Waals surface area contributed by atoms with Gasteiger partial charge < -0.3 is 10.6 Å². The summed E-state index contributed by atoms with van der Waals surface area (Å²) in [4.78, 5) is 2.41. The Balaban J connectivity index is 1.98. The molecule has 1 fully saturated rings. The largest absolute Gasteiger partial charge is 0.330 e. The summed E-state index contributed by atoms with van der Waals surface area (Å²) in [5.41, 5.74) is 8.57. The fourth-order valence-electron chi connectivity index (χ4n) is 2.62. The van der Waals surface area contributed by atoms with Crippen molar-refractivity contribution in [1.82, 2.24) is 4.90 Å². The van der Waals surface area contributed by atoms with Crippen LogP contribution < -0.4 is 5.73 Å². The van der Waals surface area contributed by atoms with E-state index >= 15 is 0 Å². The second-order valence-corrected chi connectivity index (χ2v) is 5.53. The SMILES string of the molecule is CC(CN)Cc1ccc(C2CCN(C)C2)cc1. The van der Waals surface area contributed by atoms with Gasteiger partial charge in [0.2, 0.25) is 0 Å². The van der Waals surface area contributed by atoms with Gasteiger partial charge in [-0.1, -0.05) is 31.2 Å². The molecule has 94 valence electrons. The van der Waals surface area contributed by atoms with Crippen LogP contribution in [0.4, 0.5) is 0 Å². The van der Waals surface area contributed by atoms with Crippen molar-refractivity contribution in [3.05, 3.63) is 35.4 Å². The molecule has 0 radical (unpaired) electrons. The molecule has 0 amide bonds. The maximum Gasteiger partial charge on any atom is 0.00477 e. The van der Waals surface area contributed by atoms with E-state index in [-0.39, 0.29) is 0 Å². The Kier molecular flexibility index (Phi) is 4.19. The predicted octanol–water partition coefficient (Wildman–Crippen LogP) is 2.24. The number of likely N-dealkylation sites (tertiary alicyclic amines) is 1. The minimum atomic E-state index is 0.582. The summed E-state index contributed by atoms with van der Waals surface area (Å²) >= 11 is 0. The van der Waals surface area contributed by atoms with Crippen LogP contribution in [0, 0.1) is 5.92 Å². The van der Waals surface area contributed by atoms with Gasteiger partial charge in [-0.05, 0) is 55.9 Å². The monoisotopic (exact) mass is 232 g/mol. The van der Waals surface area contributed by atoms with Crippen LogP contribution in [-0.2, 0) is 6.42 Å². The average Bonchev–Trinajstić information content (AvgIpc) is 2.77. The zero-order valence-corrected chi connectivity index (χ0v) is 11.0. The molecule has 1 aliphatic heterocycles. The Morgan fingerprint density at radius 1 is 1.35 bits per heavy atom. The van der Waals surface area contributed by atoms with Gasteiger partial charge in [-0.15, -0.1) is 0 Å². The molecule has 1 aromatic rings. The predicted molar refractivity (Wildman–Crippen MR) is 73.2 cm³/mol. The van der Waals surface area contributed by atoms with Crippen LogP contribution in [0.5, 0.6) is 0 Å². The molecule has 0 saturated carbocycles. The molecule has 0 aliphatic carbocycles. The summed E-state index contributed by atoms with van der Waals surface area (Å²) in [5, 5.41) is 0. The van der Waals surface area contributed by atoms with Crippen LogP contribution in [-0.4, -0.2) is 31.6 Å². The van der Waals surface area contributed by atoms with Crippen LogP contribution in [0.15, 0.2) is 24.3 Å². The average molecular weight is 232 g/mol. The lowest BCUT2D eigenvalue weighted by molar-refractivity contribution is 0.411. The summed E-state index contributed by atoms with van der Waals surface area (Å²) < 4.78 is 0. The Hall–Kier alpha value is -0.860. The molecule has 2 rings (SSSR count). The first-order valence-corrected chi connectivity index (χ1v) is 6.66. The molecule has 17 heavy (non-hydrogen) atoms.